The van der Waals surface area contributed by atoms with E-state index in [1.54, 1.807) is 24.4 Å². The number of amides is 2. The first kappa shape index (κ1) is 19.9. The number of aryl methyl sites for hydroxylation is 2. The van der Waals surface area contributed by atoms with Crippen molar-refractivity contribution in [3.63, 3.8) is 0 Å². The Hall–Kier alpha value is -2.83. The molecule has 6 heteroatoms. The van der Waals surface area contributed by atoms with Crippen molar-refractivity contribution >= 4 is 23.7 Å². The van der Waals surface area contributed by atoms with Crippen molar-refractivity contribution in [2.45, 2.75) is 26.1 Å². The summed E-state index contributed by atoms with van der Waals surface area (Å²) >= 11 is 0. The summed E-state index contributed by atoms with van der Waals surface area (Å²) in [5.41, 5.74) is 3.71. The molecule has 0 aliphatic carbocycles. The molecule has 0 saturated carbocycles. The summed E-state index contributed by atoms with van der Waals surface area (Å²) in [4.78, 5) is 32.0. The molecule has 2 amide bonds. The molecule has 1 aliphatic rings. The van der Waals surface area contributed by atoms with E-state index >= 15 is 0 Å². The molecule has 0 aromatic heterocycles. The minimum atomic E-state index is -0.649. The summed E-state index contributed by atoms with van der Waals surface area (Å²) in [6, 6.07) is 12.8. The predicted molar refractivity (Wildman–Crippen MR) is 108 cm³/mol. The van der Waals surface area contributed by atoms with Gasteiger partial charge in [-0.1, -0.05) is 35.9 Å². The SMILES string of the molecule is COC(CN=C[C@H]1C(=O)N(c2ccc(C)cc2C)C(=O)c2ccccc21)OC. The number of fused-ring (bicyclic) bond motifs is 1. The molecule has 0 unspecified atom stereocenters. The lowest BCUT2D eigenvalue weighted by Crippen LogP contribution is -2.45. The second-order valence-electron chi connectivity index (χ2n) is 6.75. The van der Waals surface area contributed by atoms with Crippen LogP contribution in [0.25, 0.3) is 0 Å². The fraction of sp³-hybridized carbons (Fsp3) is 0.318. The Morgan fingerprint density at radius 2 is 1.82 bits per heavy atom. The van der Waals surface area contributed by atoms with E-state index in [-0.39, 0.29) is 18.4 Å². The first-order chi connectivity index (χ1) is 13.5. The van der Waals surface area contributed by atoms with Gasteiger partial charge >= 0.3 is 0 Å². The van der Waals surface area contributed by atoms with Crippen LogP contribution in [0.15, 0.2) is 47.5 Å². The Morgan fingerprint density at radius 3 is 2.50 bits per heavy atom. The van der Waals surface area contributed by atoms with Crippen LogP contribution in [0.4, 0.5) is 5.69 Å². The van der Waals surface area contributed by atoms with Gasteiger partial charge in [0.25, 0.3) is 5.91 Å². The van der Waals surface area contributed by atoms with Gasteiger partial charge in [-0.3, -0.25) is 14.6 Å². The molecule has 3 rings (SSSR count). The average molecular weight is 380 g/mol. The molecule has 1 heterocycles. The number of aliphatic imine (C=N–C) groups is 1. The number of carbonyl (C=O) groups is 2. The second kappa shape index (κ2) is 8.46. The monoisotopic (exact) mass is 380 g/mol. The maximum Gasteiger partial charge on any atom is 0.265 e. The van der Waals surface area contributed by atoms with Gasteiger partial charge in [-0.15, -0.1) is 0 Å². The Morgan fingerprint density at radius 1 is 1.11 bits per heavy atom. The number of hydrogen-bond acceptors (Lipinski definition) is 5. The second-order valence-corrected chi connectivity index (χ2v) is 6.75. The summed E-state index contributed by atoms with van der Waals surface area (Å²) < 4.78 is 10.3. The van der Waals surface area contributed by atoms with Crippen molar-refractivity contribution in [3.05, 3.63) is 64.7 Å². The number of ether oxygens (including phenoxy) is 2. The van der Waals surface area contributed by atoms with Gasteiger partial charge < -0.3 is 9.47 Å². The number of benzene rings is 2. The highest BCUT2D eigenvalue weighted by Gasteiger charge is 2.39. The van der Waals surface area contributed by atoms with Crippen LogP contribution in [0, 0.1) is 13.8 Å². The zero-order valence-corrected chi connectivity index (χ0v) is 16.5. The van der Waals surface area contributed by atoms with E-state index in [2.05, 4.69) is 4.99 Å². The highest BCUT2D eigenvalue weighted by Crippen LogP contribution is 2.33. The Labute approximate surface area is 164 Å². The quantitative estimate of drug-likeness (QED) is 0.438. The minimum absolute atomic E-state index is 0.260. The molecular weight excluding hydrogens is 356 g/mol. The van der Waals surface area contributed by atoms with Gasteiger partial charge in [0.1, 0.15) is 0 Å². The van der Waals surface area contributed by atoms with E-state index in [4.69, 9.17) is 9.47 Å². The summed E-state index contributed by atoms with van der Waals surface area (Å²) in [7, 11) is 3.07. The lowest BCUT2D eigenvalue weighted by atomic mass is 9.88. The third kappa shape index (κ3) is 3.74. The predicted octanol–water partition coefficient (Wildman–Crippen LogP) is 3.26. The Balaban J connectivity index is 2.02. The molecule has 0 bridgehead atoms. The molecule has 2 aromatic carbocycles. The Bertz CT molecular complexity index is 919. The molecule has 28 heavy (non-hydrogen) atoms. The van der Waals surface area contributed by atoms with Crippen LogP contribution in [0.5, 0.6) is 0 Å². The third-order valence-electron chi connectivity index (χ3n) is 4.84. The molecule has 0 saturated heterocycles. The van der Waals surface area contributed by atoms with Crippen molar-refractivity contribution in [2.75, 3.05) is 25.7 Å². The molecule has 1 aliphatic heterocycles. The smallest absolute Gasteiger partial charge is 0.265 e. The molecule has 0 radical (unpaired) electrons. The van der Waals surface area contributed by atoms with Crippen LogP contribution >= 0.6 is 0 Å². The Kier molecular flexibility index (Phi) is 6.02. The first-order valence-corrected chi connectivity index (χ1v) is 9.08. The molecule has 0 N–H and O–H groups in total. The van der Waals surface area contributed by atoms with Crippen LogP contribution in [0.2, 0.25) is 0 Å². The van der Waals surface area contributed by atoms with Gasteiger partial charge in [0.2, 0.25) is 5.91 Å². The van der Waals surface area contributed by atoms with E-state index < -0.39 is 12.2 Å². The zero-order chi connectivity index (χ0) is 20.3. The minimum Gasteiger partial charge on any atom is -0.354 e. The summed E-state index contributed by atoms with van der Waals surface area (Å²) in [6.07, 6.45) is 1.09. The average Bonchev–Trinajstić information content (AvgIpc) is 2.69. The molecular formula is C22H24N2O4. The van der Waals surface area contributed by atoms with Gasteiger partial charge in [-0.05, 0) is 37.1 Å². The number of carbonyl (C=O) groups excluding carboxylic acids is 2. The van der Waals surface area contributed by atoms with Gasteiger partial charge in [0.15, 0.2) is 6.29 Å². The van der Waals surface area contributed by atoms with Crippen molar-refractivity contribution in [2.24, 2.45) is 4.99 Å². The topological polar surface area (TPSA) is 68.2 Å². The lowest BCUT2D eigenvalue weighted by Gasteiger charge is -2.32. The lowest BCUT2D eigenvalue weighted by molar-refractivity contribution is -0.118. The van der Waals surface area contributed by atoms with Crippen LogP contribution < -0.4 is 4.90 Å². The summed E-state index contributed by atoms with van der Waals surface area (Å²) in [5, 5.41) is 0. The van der Waals surface area contributed by atoms with Crippen LogP contribution in [0.1, 0.15) is 33.0 Å². The van der Waals surface area contributed by atoms with Crippen molar-refractivity contribution < 1.29 is 19.1 Å². The zero-order valence-electron chi connectivity index (χ0n) is 16.5. The van der Waals surface area contributed by atoms with Gasteiger partial charge in [-0.25, -0.2) is 4.90 Å². The molecule has 2 aromatic rings. The van der Waals surface area contributed by atoms with Crippen molar-refractivity contribution in [3.8, 4) is 0 Å². The van der Waals surface area contributed by atoms with E-state index in [0.717, 1.165) is 11.1 Å². The molecule has 1 atom stereocenters. The fourth-order valence-corrected chi connectivity index (χ4v) is 3.38. The highest BCUT2D eigenvalue weighted by molar-refractivity contribution is 6.29. The van der Waals surface area contributed by atoms with Crippen LogP contribution in [-0.2, 0) is 14.3 Å². The van der Waals surface area contributed by atoms with Crippen LogP contribution in [0.3, 0.4) is 0 Å². The maximum atomic E-state index is 13.3. The van der Waals surface area contributed by atoms with Crippen LogP contribution in [-0.4, -0.2) is 45.1 Å². The fourth-order valence-electron chi connectivity index (χ4n) is 3.38. The number of anilines is 1. The van der Waals surface area contributed by atoms with E-state index in [0.29, 0.717) is 16.8 Å². The molecule has 146 valence electrons. The van der Waals surface area contributed by atoms with Gasteiger partial charge in [0.05, 0.1) is 18.2 Å². The molecule has 0 fully saturated rings. The van der Waals surface area contributed by atoms with Gasteiger partial charge in [-0.2, -0.15) is 0 Å². The van der Waals surface area contributed by atoms with E-state index in [1.165, 1.54) is 19.1 Å². The molecule has 6 nitrogen and oxygen atoms in total. The number of rotatable bonds is 6. The van der Waals surface area contributed by atoms with Crippen molar-refractivity contribution in [1.82, 2.24) is 0 Å². The largest absolute Gasteiger partial charge is 0.354 e. The number of nitrogens with zero attached hydrogens (tertiary/aromatic N) is 2. The number of imide groups is 1. The van der Waals surface area contributed by atoms with E-state index in [1.807, 2.05) is 38.1 Å². The van der Waals surface area contributed by atoms with E-state index in [9.17, 15) is 9.59 Å². The summed E-state index contributed by atoms with van der Waals surface area (Å²) in [5.74, 6) is -1.28. The van der Waals surface area contributed by atoms with Gasteiger partial charge in [0, 0.05) is 26.0 Å². The van der Waals surface area contributed by atoms with Crippen molar-refractivity contribution in [1.29, 1.82) is 0 Å². The number of hydrogen-bond donors (Lipinski definition) is 0. The normalized spacial score (nSPS) is 16.9. The molecule has 0 spiro atoms. The third-order valence-corrected chi connectivity index (χ3v) is 4.84. The summed E-state index contributed by atoms with van der Waals surface area (Å²) in [6.45, 7) is 4.13. The standard InChI is InChI=1S/C22H24N2O4/c1-14-9-10-19(15(2)11-14)24-21(25)17-8-6-5-7-16(17)18(22(24)26)12-23-13-20(27-3)28-4/h5-12,18,20H,13H2,1-4H3/t18-/m1/s1. The first-order valence-electron chi connectivity index (χ1n) is 9.08. The number of methoxy groups -OCH3 is 2. The maximum absolute atomic E-state index is 13.3. The highest BCUT2D eigenvalue weighted by atomic mass is 16.7.